The molecule has 1 aromatic heterocycles. The molecule has 2 N–H and O–H groups in total. The molecule has 1 unspecified atom stereocenters. The molecule has 0 radical (unpaired) electrons. The van der Waals surface area contributed by atoms with Gasteiger partial charge in [-0.1, -0.05) is 127 Å². The lowest BCUT2D eigenvalue weighted by Gasteiger charge is -2.26. The van der Waals surface area contributed by atoms with Crippen molar-refractivity contribution in [1.29, 1.82) is 0 Å². The van der Waals surface area contributed by atoms with Crippen LogP contribution in [0.25, 0.3) is 54.3 Å². The molecular formula is C41H31N3. The van der Waals surface area contributed by atoms with Crippen LogP contribution in [0.3, 0.4) is 0 Å². The fourth-order valence-corrected chi connectivity index (χ4v) is 6.64. The highest BCUT2D eigenvalue weighted by Gasteiger charge is 2.24. The minimum Gasteiger partial charge on any atom is -0.386 e. The van der Waals surface area contributed by atoms with E-state index in [0.717, 1.165) is 28.3 Å². The summed E-state index contributed by atoms with van der Waals surface area (Å²) >= 11 is 0. The molecule has 1 heterocycles. The Kier molecular flexibility index (Phi) is 6.42. The third-order valence-corrected chi connectivity index (χ3v) is 8.72. The Morgan fingerprint density at radius 1 is 0.500 bits per heavy atom. The molecule has 0 fully saturated rings. The number of fused-ring (bicyclic) bond motifs is 4. The first kappa shape index (κ1) is 26.0. The second-order valence-corrected chi connectivity index (χ2v) is 11.2. The number of rotatable bonds is 6. The van der Waals surface area contributed by atoms with Gasteiger partial charge in [0, 0.05) is 18.0 Å². The molecule has 8 rings (SSSR count). The van der Waals surface area contributed by atoms with E-state index >= 15 is 0 Å². The zero-order chi connectivity index (χ0) is 29.5. The summed E-state index contributed by atoms with van der Waals surface area (Å²) < 4.78 is 0. The lowest BCUT2D eigenvalue weighted by molar-refractivity contribution is 0.907. The van der Waals surface area contributed by atoms with E-state index in [-0.39, 0.29) is 6.04 Å². The summed E-state index contributed by atoms with van der Waals surface area (Å²) in [4.78, 5) is 5.43. The number of benzene rings is 7. The maximum absolute atomic E-state index is 5.43. The fraction of sp³-hybridized carbons (Fsp3) is 0.0488. The van der Waals surface area contributed by atoms with Gasteiger partial charge in [-0.3, -0.25) is 4.98 Å². The van der Waals surface area contributed by atoms with Crippen LogP contribution in [0.5, 0.6) is 0 Å². The molecule has 0 aliphatic heterocycles. The third-order valence-electron chi connectivity index (χ3n) is 8.72. The Hall–Kier alpha value is -5.67. The van der Waals surface area contributed by atoms with Gasteiger partial charge < -0.3 is 10.6 Å². The van der Waals surface area contributed by atoms with Gasteiger partial charge >= 0.3 is 0 Å². The van der Waals surface area contributed by atoms with Crippen molar-refractivity contribution >= 4 is 54.5 Å². The average Bonchev–Trinajstić information content (AvgIpc) is 3.09. The molecule has 0 amide bonds. The number of nitrogens with one attached hydrogen (secondary N) is 2. The van der Waals surface area contributed by atoms with E-state index in [1.54, 1.807) is 0 Å². The lowest BCUT2D eigenvalue weighted by atomic mass is 9.90. The normalized spacial score (nSPS) is 12.1. The minimum atomic E-state index is -0.237. The van der Waals surface area contributed by atoms with Crippen molar-refractivity contribution in [1.82, 2.24) is 4.98 Å². The van der Waals surface area contributed by atoms with Crippen molar-refractivity contribution in [2.75, 3.05) is 17.7 Å². The summed E-state index contributed by atoms with van der Waals surface area (Å²) in [5.41, 5.74) is 6.38. The zero-order valence-corrected chi connectivity index (χ0v) is 24.5. The van der Waals surface area contributed by atoms with Gasteiger partial charge in [-0.2, -0.15) is 0 Å². The molecule has 0 bridgehead atoms. The van der Waals surface area contributed by atoms with Crippen LogP contribution in [0.15, 0.2) is 152 Å². The Balaban J connectivity index is 1.42. The zero-order valence-electron chi connectivity index (χ0n) is 24.5. The number of hydrogen-bond acceptors (Lipinski definition) is 3. The quantitative estimate of drug-likeness (QED) is 0.197. The van der Waals surface area contributed by atoms with Crippen molar-refractivity contribution < 1.29 is 0 Å². The second kappa shape index (κ2) is 10.9. The van der Waals surface area contributed by atoms with Gasteiger partial charge in [-0.25, -0.2) is 0 Å². The van der Waals surface area contributed by atoms with Crippen molar-refractivity contribution in [2.24, 2.45) is 0 Å². The summed E-state index contributed by atoms with van der Waals surface area (Å²) in [6.45, 7) is 0. The van der Waals surface area contributed by atoms with Gasteiger partial charge in [0.15, 0.2) is 0 Å². The van der Waals surface area contributed by atoms with Gasteiger partial charge in [-0.15, -0.1) is 0 Å². The molecule has 3 heteroatoms. The standard InChI is InChI=1S/C41H31N3/c1-42-37-25-24-28-13-3-9-20-34(28)40(37)44-41(39-32-18-7-4-14-29(32)26-30-15-5-8-19-33(30)39)38-23-11-22-36(43-38)35-21-10-16-27-12-2-6-17-31(27)35/h2-26,41-42,44H,1H3. The van der Waals surface area contributed by atoms with Crippen molar-refractivity contribution in [3.05, 3.63) is 163 Å². The predicted octanol–water partition coefficient (Wildman–Crippen LogP) is 10.6. The van der Waals surface area contributed by atoms with Crippen LogP contribution in [0, 0.1) is 0 Å². The Bertz CT molecular complexity index is 2260. The molecule has 210 valence electrons. The summed E-state index contributed by atoms with van der Waals surface area (Å²) in [6, 6.07) is 53.8. The summed E-state index contributed by atoms with van der Waals surface area (Å²) in [5.74, 6) is 0. The molecule has 0 spiro atoms. The van der Waals surface area contributed by atoms with E-state index < -0.39 is 0 Å². The van der Waals surface area contributed by atoms with Crippen LogP contribution in [-0.4, -0.2) is 12.0 Å². The maximum atomic E-state index is 5.43. The van der Waals surface area contributed by atoms with Crippen LogP contribution in [-0.2, 0) is 0 Å². The van der Waals surface area contributed by atoms with Gasteiger partial charge in [0.2, 0.25) is 0 Å². The van der Waals surface area contributed by atoms with E-state index in [9.17, 15) is 0 Å². The molecule has 0 saturated heterocycles. The first-order chi connectivity index (χ1) is 21.8. The number of nitrogens with zero attached hydrogens (tertiary/aromatic N) is 1. The highest BCUT2D eigenvalue weighted by molar-refractivity contribution is 6.05. The van der Waals surface area contributed by atoms with Crippen LogP contribution < -0.4 is 10.6 Å². The molecule has 7 aromatic carbocycles. The van der Waals surface area contributed by atoms with Crippen molar-refractivity contribution in [3.8, 4) is 11.3 Å². The molecule has 0 saturated carbocycles. The maximum Gasteiger partial charge on any atom is 0.0953 e. The van der Waals surface area contributed by atoms with E-state index in [1.807, 2.05) is 7.05 Å². The highest BCUT2D eigenvalue weighted by Crippen LogP contribution is 2.41. The summed E-state index contributed by atoms with van der Waals surface area (Å²) in [5, 5.41) is 17.1. The molecule has 3 nitrogen and oxygen atoms in total. The predicted molar refractivity (Wildman–Crippen MR) is 188 cm³/mol. The van der Waals surface area contributed by atoms with Crippen molar-refractivity contribution in [2.45, 2.75) is 6.04 Å². The van der Waals surface area contributed by atoms with Crippen LogP contribution >= 0.6 is 0 Å². The third kappa shape index (κ3) is 4.42. The Morgan fingerprint density at radius 2 is 1.07 bits per heavy atom. The fourth-order valence-electron chi connectivity index (χ4n) is 6.64. The number of hydrogen-bond donors (Lipinski definition) is 2. The first-order valence-corrected chi connectivity index (χ1v) is 15.1. The Morgan fingerprint density at radius 3 is 1.77 bits per heavy atom. The van der Waals surface area contributed by atoms with E-state index in [0.29, 0.717) is 0 Å². The minimum absolute atomic E-state index is 0.237. The van der Waals surface area contributed by atoms with E-state index in [2.05, 4.69) is 162 Å². The number of aromatic nitrogens is 1. The van der Waals surface area contributed by atoms with Crippen molar-refractivity contribution in [3.63, 3.8) is 0 Å². The average molecular weight is 566 g/mol. The molecular weight excluding hydrogens is 534 g/mol. The SMILES string of the molecule is CNc1ccc2ccccc2c1NC(c1cccc(-c2cccc3ccccc23)n1)c1c2ccccc2cc2ccccc12. The van der Waals surface area contributed by atoms with E-state index in [4.69, 9.17) is 4.98 Å². The second-order valence-electron chi connectivity index (χ2n) is 11.2. The highest BCUT2D eigenvalue weighted by atomic mass is 15.0. The first-order valence-electron chi connectivity index (χ1n) is 15.1. The molecule has 8 aromatic rings. The van der Waals surface area contributed by atoms with Crippen LogP contribution in [0.2, 0.25) is 0 Å². The summed E-state index contributed by atoms with van der Waals surface area (Å²) in [7, 11) is 1.98. The number of anilines is 2. The topological polar surface area (TPSA) is 37.0 Å². The lowest BCUT2D eigenvalue weighted by Crippen LogP contribution is -2.16. The van der Waals surface area contributed by atoms with Gasteiger partial charge in [0.1, 0.15) is 0 Å². The summed E-state index contributed by atoms with van der Waals surface area (Å²) in [6.07, 6.45) is 0. The molecule has 44 heavy (non-hydrogen) atoms. The number of pyridine rings is 1. The molecule has 0 aliphatic rings. The van der Waals surface area contributed by atoms with Gasteiger partial charge in [-0.05, 0) is 67.5 Å². The molecule has 0 aliphatic carbocycles. The van der Waals surface area contributed by atoms with Crippen LogP contribution in [0.4, 0.5) is 11.4 Å². The smallest absolute Gasteiger partial charge is 0.0953 e. The van der Waals surface area contributed by atoms with Gasteiger partial charge in [0.05, 0.1) is 28.8 Å². The largest absolute Gasteiger partial charge is 0.386 e. The van der Waals surface area contributed by atoms with Gasteiger partial charge in [0.25, 0.3) is 0 Å². The van der Waals surface area contributed by atoms with Crippen LogP contribution in [0.1, 0.15) is 17.3 Å². The monoisotopic (exact) mass is 565 g/mol. The van der Waals surface area contributed by atoms with E-state index in [1.165, 1.54) is 48.7 Å². The Labute approximate surface area is 256 Å². The molecule has 1 atom stereocenters.